The Labute approximate surface area is 169 Å². The number of fused-ring (bicyclic) bond motifs is 2. The highest BCUT2D eigenvalue weighted by atomic mass is 32.3. The number of rotatable bonds is 3. The molecule has 1 atom stereocenters. The molecule has 1 amide bonds. The Balaban J connectivity index is 1.49. The van der Waals surface area contributed by atoms with Crippen molar-refractivity contribution in [1.82, 2.24) is 24.6 Å². The number of hydrogen-bond donors (Lipinski definition) is 1. The molecule has 0 bridgehead atoms. The fourth-order valence-corrected chi connectivity index (χ4v) is 6.37. The van der Waals surface area contributed by atoms with E-state index in [1.54, 1.807) is 15.6 Å². The van der Waals surface area contributed by atoms with Gasteiger partial charge in [0, 0.05) is 6.20 Å². The smallest absolute Gasteiger partial charge is 0.416 e. The first-order chi connectivity index (χ1) is 13.9. The molecule has 0 spiro atoms. The molecule has 2 aliphatic rings. The van der Waals surface area contributed by atoms with Crippen LogP contribution >= 0.6 is 10.0 Å². The van der Waals surface area contributed by atoms with Crippen molar-refractivity contribution in [2.24, 2.45) is 0 Å². The SMILES string of the molecule is Cc1cc2ncnn2cc1Nc1ncc2c(n1)N(C1CCS(C)(C)C1)C(=O)OC2. The quantitative estimate of drug-likeness (QED) is 0.705. The van der Waals surface area contributed by atoms with E-state index in [1.165, 1.54) is 6.33 Å². The maximum atomic E-state index is 12.6. The number of amides is 1. The standard InChI is InChI=1S/C19H23N7O2S/c1-12-6-16-21-11-22-25(16)8-15(12)23-18-20-7-13-9-28-19(27)26(17(13)24-18)14-4-5-29(2,3)10-14/h6-8,11,14H,4-5,9-10H2,1-3H3,(H,20,23,24). The summed E-state index contributed by atoms with van der Waals surface area (Å²) in [5.74, 6) is 3.26. The van der Waals surface area contributed by atoms with Gasteiger partial charge in [0.05, 0.1) is 23.5 Å². The minimum absolute atomic E-state index is 0.127. The Morgan fingerprint density at radius 1 is 1.31 bits per heavy atom. The molecule has 10 heteroatoms. The summed E-state index contributed by atoms with van der Waals surface area (Å²) in [6, 6.07) is 2.07. The molecule has 0 radical (unpaired) electrons. The number of hydrogen-bond acceptors (Lipinski definition) is 7. The molecule has 0 saturated carbocycles. The minimum Gasteiger partial charge on any atom is -0.444 e. The van der Waals surface area contributed by atoms with Gasteiger partial charge >= 0.3 is 6.09 Å². The number of ether oxygens (including phenoxy) is 1. The number of carbonyl (C=O) groups excluding carboxylic acids is 1. The number of pyridine rings is 1. The molecule has 3 aromatic heterocycles. The molecule has 1 saturated heterocycles. The van der Waals surface area contributed by atoms with Gasteiger partial charge in [-0.3, -0.25) is 4.90 Å². The number of aromatic nitrogens is 5. The van der Waals surface area contributed by atoms with Gasteiger partial charge in [-0.1, -0.05) is 0 Å². The summed E-state index contributed by atoms with van der Waals surface area (Å²) in [6.07, 6.45) is 10.4. The van der Waals surface area contributed by atoms with Crippen LogP contribution in [-0.4, -0.2) is 60.7 Å². The van der Waals surface area contributed by atoms with E-state index in [-0.39, 0.29) is 18.7 Å². The average Bonchev–Trinajstić information content (AvgIpc) is 3.27. The summed E-state index contributed by atoms with van der Waals surface area (Å²) >= 11 is 0. The maximum Gasteiger partial charge on any atom is 0.416 e. The monoisotopic (exact) mass is 413 g/mol. The van der Waals surface area contributed by atoms with Crippen LogP contribution in [0.5, 0.6) is 0 Å². The first-order valence-corrected chi connectivity index (χ1v) is 12.3. The molecule has 9 nitrogen and oxygen atoms in total. The topological polar surface area (TPSA) is 97.5 Å². The van der Waals surface area contributed by atoms with Crippen LogP contribution in [0.1, 0.15) is 17.5 Å². The van der Waals surface area contributed by atoms with E-state index in [0.717, 1.165) is 40.4 Å². The van der Waals surface area contributed by atoms with E-state index in [0.29, 0.717) is 11.8 Å². The summed E-state index contributed by atoms with van der Waals surface area (Å²) in [6.45, 7) is 2.19. The maximum absolute atomic E-state index is 12.6. The molecule has 29 heavy (non-hydrogen) atoms. The zero-order valence-corrected chi connectivity index (χ0v) is 17.4. The van der Waals surface area contributed by atoms with Crippen LogP contribution < -0.4 is 10.2 Å². The second-order valence-corrected chi connectivity index (χ2v) is 12.4. The Morgan fingerprint density at radius 2 is 2.17 bits per heavy atom. The fraction of sp³-hybridized carbons (Fsp3) is 0.421. The van der Waals surface area contributed by atoms with Gasteiger partial charge in [-0.15, -0.1) is 0 Å². The third-order valence-corrected chi connectivity index (χ3v) is 8.13. The molecular weight excluding hydrogens is 390 g/mol. The van der Waals surface area contributed by atoms with Crippen LogP contribution in [-0.2, 0) is 11.3 Å². The average molecular weight is 414 g/mol. The number of nitrogens with zero attached hydrogens (tertiary/aromatic N) is 6. The highest BCUT2D eigenvalue weighted by Crippen LogP contribution is 2.49. The van der Waals surface area contributed by atoms with Crippen LogP contribution in [0.25, 0.3) is 5.65 Å². The third-order valence-electron chi connectivity index (χ3n) is 5.50. The summed E-state index contributed by atoms with van der Waals surface area (Å²) in [4.78, 5) is 27.7. The molecule has 5 rings (SSSR count). The summed E-state index contributed by atoms with van der Waals surface area (Å²) in [5, 5.41) is 7.44. The highest BCUT2D eigenvalue weighted by molar-refractivity contribution is 8.32. The molecule has 0 aliphatic carbocycles. The minimum atomic E-state index is -0.674. The Bertz CT molecular complexity index is 1110. The third kappa shape index (κ3) is 3.27. The van der Waals surface area contributed by atoms with Gasteiger partial charge in [-0.05, 0) is 49.0 Å². The van der Waals surface area contributed by atoms with Gasteiger partial charge in [-0.2, -0.15) is 10.1 Å². The van der Waals surface area contributed by atoms with Crippen LogP contribution in [0.4, 0.5) is 22.2 Å². The second-order valence-electron chi connectivity index (χ2n) is 8.11. The summed E-state index contributed by atoms with van der Waals surface area (Å²) in [7, 11) is -0.674. The molecular formula is C19H23N7O2S. The normalized spacial score (nSPS) is 21.7. The fourth-order valence-electron chi connectivity index (χ4n) is 3.94. The lowest BCUT2D eigenvalue weighted by atomic mass is 10.2. The van der Waals surface area contributed by atoms with Crippen LogP contribution in [0.3, 0.4) is 0 Å². The number of carbonyl (C=O) groups is 1. The predicted molar refractivity (Wildman–Crippen MR) is 113 cm³/mol. The van der Waals surface area contributed by atoms with Gasteiger partial charge in [0.15, 0.2) is 11.5 Å². The molecule has 3 aromatic rings. The first kappa shape index (κ1) is 18.2. The molecule has 2 aliphatic heterocycles. The van der Waals surface area contributed by atoms with Crippen molar-refractivity contribution in [3.05, 3.63) is 35.9 Å². The van der Waals surface area contributed by atoms with Crippen molar-refractivity contribution in [1.29, 1.82) is 0 Å². The van der Waals surface area contributed by atoms with Crippen LogP contribution in [0, 0.1) is 6.92 Å². The number of nitrogens with one attached hydrogen (secondary N) is 1. The van der Waals surface area contributed by atoms with Gasteiger partial charge in [0.25, 0.3) is 0 Å². The Kier molecular flexibility index (Phi) is 4.12. The van der Waals surface area contributed by atoms with Gasteiger partial charge < -0.3 is 10.1 Å². The summed E-state index contributed by atoms with van der Waals surface area (Å²) < 4.78 is 7.09. The predicted octanol–water partition coefficient (Wildman–Crippen LogP) is 2.86. The van der Waals surface area contributed by atoms with Crippen LogP contribution in [0.2, 0.25) is 0 Å². The van der Waals surface area contributed by atoms with Crippen molar-refractivity contribution < 1.29 is 9.53 Å². The summed E-state index contributed by atoms with van der Waals surface area (Å²) in [5.41, 5.74) is 3.45. The molecule has 1 fully saturated rings. The van der Waals surface area contributed by atoms with Crippen molar-refractivity contribution >= 4 is 39.2 Å². The number of anilines is 3. The van der Waals surface area contributed by atoms with Crippen molar-refractivity contribution in [2.75, 3.05) is 34.2 Å². The zero-order chi connectivity index (χ0) is 20.2. The van der Waals surface area contributed by atoms with Crippen molar-refractivity contribution in [2.45, 2.75) is 26.0 Å². The van der Waals surface area contributed by atoms with E-state index >= 15 is 0 Å². The van der Waals surface area contributed by atoms with Crippen molar-refractivity contribution in [3.63, 3.8) is 0 Å². The number of cyclic esters (lactones) is 1. The van der Waals surface area contributed by atoms with E-state index in [2.05, 4.69) is 32.9 Å². The zero-order valence-electron chi connectivity index (χ0n) is 16.6. The highest BCUT2D eigenvalue weighted by Gasteiger charge is 2.39. The number of aryl methyl sites for hydroxylation is 1. The molecule has 5 heterocycles. The Hall–Kier alpha value is -2.88. The van der Waals surface area contributed by atoms with Crippen LogP contribution in [0.15, 0.2) is 24.8 Å². The van der Waals surface area contributed by atoms with Crippen molar-refractivity contribution in [3.8, 4) is 0 Å². The van der Waals surface area contributed by atoms with Gasteiger partial charge in [-0.25, -0.2) is 29.3 Å². The van der Waals surface area contributed by atoms with E-state index in [1.807, 2.05) is 19.2 Å². The second kappa shape index (κ2) is 6.58. The van der Waals surface area contributed by atoms with E-state index in [4.69, 9.17) is 9.72 Å². The molecule has 1 unspecified atom stereocenters. The van der Waals surface area contributed by atoms with Gasteiger partial charge in [0.2, 0.25) is 5.95 Å². The Morgan fingerprint density at radius 3 is 2.97 bits per heavy atom. The lowest BCUT2D eigenvalue weighted by molar-refractivity contribution is 0.138. The largest absolute Gasteiger partial charge is 0.444 e. The van der Waals surface area contributed by atoms with E-state index in [9.17, 15) is 4.79 Å². The van der Waals surface area contributed by atoms with E-state index < -0.39 is 10.0 Å². The molecule has 0 aromatic carbocycles. The molecule has 1 N–H and O–H groups in total. The van der Waals surface area contributed by atoms with Gasteiger partial charge in [0.1, 0.15) is 12.9 Å². The lowest BCUT2D eigenvalue weighted by Crippen LogP contribution is -2.45. The lowest BCUT2D eigenvalue weighted by Gasteiger charge is -2.33. The first-order valence-electron chi connectivity index (χ1n) is 9.47. The molecule has 152 valence electrons.